The molecule has 0 atom stereocenters. The van der Waals surface area contributed by atoms with Gasteiger partial charge in [-0.2, -0.15) is 0 Å². The molecule has 2 saturated heterocycles. The molecule has 29 heavy (non-hydrogen) atoms. The molecule has 2 aliphatic rings. The molecule has 0 aliphatic carbocycles. The quantitative estimate of drug-likeness (QED) is 0.425. The number of thioether (sulfide) groups is 2. The highest BCUT2D eigenvalue weighted by molar-refractivity contribution is 8.21. The Kier molecular flexibility index (Phi) is 7.46. The van der Waals surface area contributed by atoms with Gasteiger partial charge >= 0.3 is 0 Å². The van der Waals surface area contributed by atoms with Crippen LogP contribution < -0.4 is 10.4 Å². The lowest BCUT2D eigenvalue weighted by Crippen LogP contribution is -2.69. The fourth-order valence-electron chi connectivity index (χ4n) is 4.65. The van der Waals surface area contributed by atoms with Crippen molar-refractivity contribution in [3.63, 3.8) is 0 Å². The van der Waals surface area contributed by atoms with Gasteiger partial charge in [-0.1, -0.05) is 84.0 Å². The molecule has 156 valence electrons. The van der Waals surface area contributed by atoms with Crippen LogP contribution in [0.25, 0.3) is 0 Å². The van der Waals surface area contributed by atoms with E-state index < -0.39 is 8.07 Å². The molecule has 0 bridgehead atoms. The van der Waals surface area contributed by atoms with Crippen LogP contribution in [0.4, 0.5) is 0 Å². The van der Waals surface area contributed by atoms with Gasteiger partial charge in [0.05, 0.1) is 16.9 Å². The van der Waals surface area contributed by atoms with Gasteiger partial charge in [0.15, 0.2) is 6.29 Å². The van der Waals surface area contributed by atoms with Crippen molar-refractivity contribution < 1.29 is 9.47 Å². The first-order valence-corrected chi connectivity index (χ1v) is 15.3. The van der Waals surface area contributed by atoms with Crippen LogP contribution in [0.5, 0.6) is 0 Å². The molecule has 4 rings (SSSR count). The predicted octanol–water partition coefficient (Wildman–Crippen LogP) is 4.92. The standard InChI is InChI=1S/C24H32O2S2Si/c1-29(21-11-4-2-5-12-21,22-13-6-3-7-14-22)24(27-19-10-20-28-24)16-9-8-15-23-25-17-18-26-23/h2-7,11-14,23H,8-10,15-20H2,1H3. The van der Waals surface area contributed by atoms with E-state index in [0.717, 1.165) is 19.6 Å². The number of rotatable bonds is 8. The fourth-order valence-corrected chi connectivity index (χ4v) is 15.4. The summed E-state index contributed by atoms with van der Waals surface area (Å²) in [5.41, 5.74) is 0. The molecule has 0 amide bonds. The van der Waals surface area contributed by atoms with Crippen LogP contribution in [0.15, 0.2) is 60.7 Å². The third-order valence-electron chi connectivity index (χ3n) is 6.31. The Morgan fingerprint density at radius 1 is 0.862 bits per heavy atom. The Bertz CT molecular complexity index is 704. The largest absolute Gasteiger partial charge is 0.350 e. The molecule has 2 fully saturated rings. The maximum absolute atomic E-state index is 5.65. The molecule has 2 aromatic carbocycles. The van der Waals surface area contributed by atoms with Crippen molar-refractivity contribution in [3.8, 4) is 0 Å². The van der Waals surface area contributed by atoms with Gasteiger partial charge in [-0.15, -0.1) is 23.5 Å². The Morgan fingerprint density at radius 2 is 1.41 bits per heavy atom. The van der Waals surface area contributed by atoms with Crippen molar-refractivity contribution in [2.45, 2.75) is 48.6 Å². The van der Waals surface area contributed by atoms with Gasteiger partial charge in [0.25, 0.3) is 0 Å². The summed E-state index contributed by atoms with van der Waals surface area (Å²) in [6.07, 6.45) is 6.08. The van der Waals surface area contributed by atoms with Gasteiger partial charge in [0, 0.05) is 0 Å². The van der Waals surface area contributed by atoms with E-state index in [1.54, 1.807) is 10.4 Å². The minimum Gasteiger partial charge on any atom is -0.350 e. The summed E-state index contributed by atoms with van der Waals surface area (Å²) in [4.78, 5) is 0. The molecule has 2 heterocycles. The highest BCUT2D eigenvalue weighted by Crippen LogP contribution is 2.51. The number of ether oxygens (including phenoxy) is 2. The molecule has 2 aromatic rings. The van der Waals surface area contributed by atoms with Gasteiger partial charge in [-0.25, -0.2) is 0 Å². The van der Waals surface area contributed by atoms with Crippen LogP contribution in [-0.4, -0.2) is 42.8 Å². The van der Waals surface area contributed by atoms with Gasteiger partial charge in [0.1, 0.15) is 8.07 Å². The highest BCUT2D eigenvalue weighted by atomic mass is 32.2. The molecule has 2 aliphatic heterocycles. The van der Waals surface area contributed by atoms with Crippen molar-refractivity contribution in [1.29, 1.82) is 0 Å². The lowest BCUT2D eigenvalue weighted by atomic mass is 10.2. The monoisotopic (exact) mass is 444 g/mol. The minimum absolute atomic E-state index is 0.0319. The van der Waals surface area contributed by atoms with E-state index >= 15 is 0 Å². The first kappa shape index (κ1) is 21.5. The summed E-state index contributed by atoms with van der Waals surface area (Å²) in [6, 6.07) is 22.8. The van der Waals surface area contributed by atoms with E-state index in [1.807, 2.05) is 0 Å². The third kappa shape index (κ3) is 4.64. The number of unbranched alkanes of at least 4 members (excludes halogenated alkanes) is 1. The Hall–Kier alpha value is -0.723. The van der Waals surface area contributed by atoms with Gasteiger partial charge in [0.2, 0.25) is 0 Å². The normalized spacial score (nSPS) is 20.0. The summed E-state index contributed by atoms with van der Waals surface area (Å²) >= 11 is 4.50. The average molecular weight is 445 g/mol. The summed E-state index contributed by atoms with van der Waals surface area (Å²) in [7, 11) is -1.97. The fraction of sp³-hybridized carbons (Fsp3) is 0.500. The van der Waals surface area contributed by atoms with E-state index in [4.69, 9.17) is 9.47 Å². The first-order chi connectivity index (χ1) is 14.2. The highest BCUT2D eigenvalue weighted by Gasteiger charge is 2.53. The molecule has 0 saturated carbocycles. The Morgan fingerprint density at radius 3 is 1.97 bits per heavy atom. The molecule has 0 aromatic heterocycles. The van der Waals surface area contributed by atoms with Crippen LogP contribution in [0, 0.1) is 0 Å². The maximum Gasteiger partial charge on any atom is 0.157 e. The zero-order valence-corrected chi connectivity index (χ0v) is 20.0. The summed E-state index contributed by atoms with van der Waals surface area (Å²) in [5, 5.41) is 3.13. The SMILES string of the molecule is C[Si](c1ccccc1)(c1ccccc1)C1(CCCCC2OCCO2)SCCCS1. The van der Waals surface area contributed by atoms with Crippen LogP contribution in [0.1, 0.15) is 32.1 Å². The third-order valence-corrected chi connectivity index (χ3v) is 17.4. The second-order valence-electron chi connectivity index (χ2n) is 8.08. The molecule has 0 N–H and O–H groups in total. The smallest absolute Gasteiger partial charge is 0.157 e. The van der Waals surface area contributed by atoms with Gasteiger partial charge in [-0.05, 0) is 37.2 Å². The second-order valence-corrected chi connectivity index (χ2v) is 16.1. The van der Waals surface area contributed by atoms with Crippen molar-refractivity contribution in [3.05, 3.63) is 60.7 Å². The topological polar surface area (TPSA) is 18.5 Å². The molecule has 0 spiro atoms. The molecule has 0 radical (unpaired) electrons. The lowest BCUT2D eigenvalue weighted by Gasteiger charge is -2.49. The minimum atomic E-state index is -1.97. The van der Waals surface area contributed by atoms with Crippen molar-refractivity contribution in [2.24, 2.45) is 0 Å². The number of hydrogen-bond donors (Lipinski definition) is 0. The Balaban J connectivity index is 1.62. The van der Waals surface area contributed by atoms with E-state index in [0.29, 0.717) is 0 Å². The molecule has 0 unspecified atom stereocenters. The molecule has 2 nitrogen and oxygen atoms in total. The van der Waals surface area contributed by atoms with E-state index in [-0.39, 0.29) is 9.99 Å². The van der Waals surface area contributed by atoms with Crippen LogP contribution in [0.2, 0.25) is 6.55 Å². The zero-order valence-electron chi connectivity index (χ0n) is 17.3. The summed E-state index contributed by atoms with van der Waals surface area (Å²) in [5.74, 6) is 2.56. The Labute approximate surface area is 185 Å². The van der Waals surface area contributed by atoms with Gasteiger partial charge in [-0.3, -0.25) is 0 Å². The van der Waals surface area contributed by atoms with Crippen molar-refractivity contribution >= 4 is 42.0 Å². The summed E-state index contributed by atoms with van der Waals surface area (Å²) < 4.78 is 11.6. The first-order valence-electron chi connectivity index (χ1n) is 10.9. The van der Waals surface area contributed by atoms with Crippen molar-refractivity contribution in [2.75, 3.05) is 24.7 Å². The molecular weight excluding hydrogens is 412 g/mol. The van der Waals surface area contributed by atoms with Crippen LogP contribution in [-0.2, 0) is 9.47 Å². The molecular formula is C24H32O2S2Si. The number of benzene rings is 2. The summed E-state index contributed by atoms with van der Waals surface area (Å²) in [6.45, 7) is 4.13. The van der Waals surface area contributed by atoms with E-state index in [9.17, 15) is 0 Å². The molecule has 5 heteroatoms. The zero-order chi connectivity index (χ0) is 20.0. The number of hydrogen-bond acceptors (Lipinski definition) is 4. The van der Waals surface area contributed by atoms with Gasteiger partial charge < -0.3 is 9.47 Å². The van der Waals surface area contributed by atoms with E-state index in [1.165, 1.54) is 37.2 Å². The average Bonchev–Trinajstić information content (AvgIpc) is 3.32. The second kappa shape index (κ2) is 10.1. The predicted molar refractivity (Wildman–Crippen MR) is 130 cm³/mol. The van der Waals surface area contributed by atoms with E-state index in [2.05, 4.69) is 90.7 Å². The maximum atomic E-state index is 5.65. The van der Waals surface area contributed by atoms with Crippen LogP contribution >= 0.6 is 23.5 Å². The lowest BCUT2D eigenvalue weighted by molar-refractivity contribution is -0.0479. The van der Waals surface area contributed by atoms with Crippen LogP contribution in [0.3, 0.4) is 0 Å². The van der Waals surface area contributed by atoms with Crippen molar-refractivity contribution in [1.82, 2.24) is 0 Å².